The summed E-state index contributed by atoms with van der Waals surface area (Å²) in [4.78, 5) is 4.42. The van der Waals surface area contributed by atoms with Crippen LogP contribution in [0.15, 0.2) is 4.52 Å². The summed E-state index contributed by atoms with van der Waals surface area (Å²) in [6, 6.07) is 0.686. The fourth-order valence-electron chi connectivity index (χ4n) is 1.54. The molecule has 96 valence electrons. The number of hydrogen-bond donors (Lipinski definition) is 1. The quantitative estimate of drug-likeness (QED) is 0.855. The van der Waals surface area contributed by atoms with E-state index in [2.05, 4.69) is 43.2 Å². The predicted octanol–water partition coefficient (Wildman–Crippen LogP) is 2.55. The molecule has 1 unspecified atom stereocenters. The zero-order valence-corrected chi connectivity index (χ0v) is 11.3. The topological polar surface area (TPSA) is 51.0 Å². The third-order valence-electron chi connectivity index (χ3n) is 3.60. The SMILES string of the molecule is CC(Cc1nc(CNC2CC2)no1)C(C)(C)C. The number of nitrogens with zero attached hydrogens (tertiary/aromatic N) is 2. The number of hydrogen-bond acceptors (Lipinski definition) is 4. The standard InChI is InChI=1S/C13H23N3O/c1-9(13(2,3)4)7-12-15-11(16-17-12)8-14-10-5-6-10/h9-10,14H,5-8H2,1-4H3. The molecule has 0 saturated heterocycles. The van der Waals surface area contributed by atoms with E-state index in [9.17, 15) is 0 Å². The highest BCUT2D eigenvalue weighted by Crippen LogP contribution is 2.28. The molecule has 4 nitrogen and oxygen atoms in total. The van der Waals surface area contributed by atoms with Crippen molar-refractivity contribution in [2.24, 2.45) is 11.3 Å². The molecule has 1 aliphatic carbocycles. The van der Waals surface area contributed by atoms with Crippen LogP contribution in [0.2, 0.25) is 0 Å². The van der Waals surface area contributed by atoms with E-state index in [0.717, 1.165) is 24.7 Å². The summed E-state index contributed by atoms with van der Waals surface area (Å²) in [5, 5.41) is 7.39. The van der Waals surface area contributed by atoms with E-state index in [0.29, 0.717) is 12.0 Å². The molecule has 0 amide bonds. The lowest BCUT2D eigenvalue weighted by Crippen LogP contribution is -2.19. The van der Waals surface area contributed by atoms with Gasteiger partial charge in [0.15, 0.2) is 5.82 Å². The second-order valence-corrected chi connectivity index (χ2v) is 6.23. The van der Waals surface area contributed by atoms with E-state index in [1.54, 1.807) is 0 Å². The summed E-state index contributed by atoms with van der Waals surface area (Å²) in [7, 11) is 0. The lowest BCUT2D eigenvalue weighted by molar-refractivity contribution is 0.236. The van der Waals surface area contributed by atoms with Crippen molar-refractivity contribution < 1.29 is 4.52 Å². The Kier molecular flexibility index (Phi) is 3.52. The first-order valence-corrected chi connectivity index (χ1v) is 6.50. The lowest BCUT2D eigenvalue weighted by atomic mass is 9.80. The van der Waals surface area contributed by atoms with Gasteiger partial charge in [-0.05, 0) is 24.2 Å². The van der Waals surface area contributed by atoms with Crippen LogP contribution in [0.3, 0.4) is 0 Å². The van der Waals surface area contributed by atoms with Gasteiger partial charge in [0.1, 0.15) is 0 Å². The molecule has 4 heteroatoms. The molecule has 17 heavy (non-hydrogen) atoms. The van der Waals surface area contributed by atoms with E-state index >= 15 is 0 Å². The van der Waals surface area contributed by atoms with Gasteiger partial charge in [-0.15, -0.1) is 0 Å². The Bertz CT molecular complexity index is 363. The van der Waals surface area contributed by atoms with E-state index in [4.69, 9.17) is 4.52 Å². The van der Waals surface area contributed by atoms with Crippen molar-refractivity contribution >= 4 is 0 Å². The zero-order chi connectivity index (χ0) is 12.5. The molecule has 0 aromatic carbocycles. The predicted molar refractivity (Wildman–Crippen MR) is 66.5 cm³/mol. The smallest absolute Gasteiger partial charge is 0.226 e. The maximum Gasteiger partial charge on any atom is 0.226 e. The minimum absolute atomic E-state index is 0.279. The molecular formula is C13H23N3O. The average Bonchev–Trinajstić information content (AvgIpc) is 2.95. The Hall–Kier alpha value is -0.900. The first-order valence-electron chi connectivity index (χ1n) is 6.50. The molecule has 1 saturated carbocycles. The Morgan fingerprint density at radius 2 is 2.12 bits per heavy atom. The van der Waals surface area contributed by atoms with Gasteiger partial charge in [-0.3, -0.25) is 0 Å². The highest BCUT2D eigenvalue weighted by Gasteiger charge is 2.23. The third kappa shape index (κ3) is 3.80. The van der Waals surface area contributed by atoms with Crippen molar-refractivity contribution in [1.29, 1.82) is 0 Å². The van der Waals surface area contributed by atoms with Gasteiger partial charge < -0.3 is 9.84 Å². The molecule has 0 aliphatic heterocycles. The first kappa shape index (κ1) is 12.6. The zero-order valence-electron chi connectivity index (χ0n) is 11.3. The van der Waals surface area contributed by atoms with Crippen molar-refractivity contribution in [1.82, 2.24) is 15.5 Å². The summed E-state index contributed by atoms with van der Waals surface area (Å²) in [5.74, 6) is 2.08. The van der Waals surface area contributed by atoms with Crippen LogP contribution in [0.1, 0.15) is 52.3 Å². The second kappa shape index (κ2) is 4.77. The van der Waals surface area contributed by atoms with Gasteiger partial charge in [0.25, 0.3) is 0 Å². The Morgan fingerprint density at radius 1 is 1.41 bits per heavy atom. The van der Waals surface area contributed by atoms with Crippen LogP contribution in [0.25, 0.3) is 0 Å². The highest BCUT2D eigenvalue weighted by atomic mass is 16.5. The fraction of sp³-hybridized carbons (Fsp3) is 0.846. The van der Waals surface area contributed by atoms with Gasteiger partial charge in [-0.25, -0.2) is 0 Å². The fourth-order valence-corrected chi connectivity index (χ4v) is 1.54. The summed E-state index contributed by atoms with van der Waals surface area (Å²) in [6.07, 6.45) is 3.43. The van der Waals surface area contributed by atoms with Gasteiger partial charge in [0.05, 0.1) is 6.54 Å². The molecule has 1 fully saturated rings. The van der Waals surface area contributed by atoms with E-state index < -0.39 is 0 Å². The maximum absolute atomic E-state index is 5.28. The number of rotatable bonds is 5. The molecule has 2 rings (SSSR count). The van der Waals surface area contributed by atoms with Crippen molar-refractivity contribution in [3.05, 3.63) is 11.7 Å². The van der Waals surface area contributed by atoms with Gasteiger partial charge in [0, 0.05) is 12.5 Å². The van der Waals surface area contributed by atoms with Gasteiger partial charge in [-0.2, -0.15) is 4.98 Å². The minimum Gasteiger partial charge on any atom is -0.339 e. The minimum atomic E-state index is 0.279. The molecule has 0 spiro atoms. The second-order valence-electron chi connectivity index (χ2n) is 6.23. The normalized spacial score (nSPS) is 18.4. The summed E-state index contributed by atoms with van der Waals surface area (Å²) < 4.78 is 5.28. The third-order valence-corrected chi connectivity index (χ3v) is 3.60. The molecule has 1 aromatic heterocycles. The van der Waals surface area contributed by atoms with Crippen molar-refractivity contribution in [3.63, 3.8) is 0 Å². The van der Waals surface area contributed by atoms with Crippen LogP contribution in [0.4, 0.5) is 0 Å². The van der Waals surface area contributed by atoms with Crippen LogP contribution < -0.4 is 5.32 Å². The first-order chi connectivity index (χ1) is 7.95. The molecular weight excluding hydrogens is 214 g/mol. The van der Waals surface area contributed by atoms with E-state index in [1.165, 1.54) is 12.8 Å². The van der Waals surface area contributed by atoms with Crippen molar-refractivity contribution in [2.45, 2.75) is 59.5 Å². The van der Waals surface area contributed by atoms with Crippen molar-refractivity contribution in [2.75, 3.05) is 0 Å². The summed E-state index contributed by atoms with van der Waals surface area (Å²) >= 11 is 0. The molecule has 0 radical (unpaired) electrons. The molecule has 1 atom stereocenters. The lowest BCUT2D eigenvalue weighted by Gasteiger charge is -2.25. The Morgan fingerprint density at radius 3 is 2.71 bits per heavy atom. The monoisotopic (exact) mass is 237 g/mol. The molecule has 1 heterocycles. The van der Waals surface area contributed by atoms with Crippen LogP contribution in [0, 0.1) is 11.3 Å². The molecule has 0 bridgehead atoms. The summed E-state index contributed by atoms with van der Waals surface area (Å²) in [6.45, 7) is 9.68. The molecule has 1 aliphatic rings. The van der Waals surface area contributed by atoms with Gasteiger partial charge in [0.2, 0.25) is 5.89 Å². The van der Waals surface area contributed by atoms with E-state index in [-0.39, 0.29) is 5.41 Å². The number of aromatic nitrogens is 2. The summed E-state index contributed by atoms with van der Waals surface area (Å²) in [5.41, 5.74) is 0.279. The highest BCUT2D eigenvalue weighted by molar-refractivity contribution is 4.91. The van der Waals surface area contributed by atoms with E-state index in [1.807, 2.05) is 0 Å². The Labute approximate surface area is 103 Å². The average molecular weight is 237 g/mol. The molecule has 1 N–H and O–H groups in total. The Balaban J connectivity index is 1.84. The largest absolute Gasteiger partial charge is 0.339 e. The van der Waals surface area contributed by atoms with Gasteiger partial charge in [-0.1, -0.05) is 32.9 Å². The molecule has 1 aromatic rings. The maximum atomic E-state index is 5.28. The van der Waals surface area contributed by atoms with Crippen LogP contribution in [-0.2, 0) is 13.0 Å². The van der Waals surface area contributed by atoms with Crippen LogP contribution in [-0.4, -0.2) is 16.2 Å². The van der Waals surface area contributed by atoms with Crippen LogP contribution in [0.5, 0.6) is 0 Å². The van der Waals surface area contributed by atoms with Gasteiger partial charge >= 0.3 is 0 Å². The van der Waals surface area contributed by atoms with Crippen LogP contribution >= 0.6 is 0 Å². The van der Waals surface area contributed by atoms with Crippen molar-refractivity contribution in [3.8, 4) is 0 Å². The number of nitrogens with one attached hydrogen (secondary N) is 1.